The molecule has 0 unspecified atom stereocenters. The van der Waals surface area contributed by atoms with E-state index in [4.69, 9.17) is 14.8 Å². The van der Waals surface area contributed by atoms with Crippen molar-refractivity contribution in [2.75, 3.05) is 31.2 Å². The minimum absolute atomic E-state index is 0.186. The minimum atomic E-state index is -0.347. The summed E-state index contributed by atoms with van der Waals surface area (Å²) < 4.78 is 9.31. The normalized spacial score (nSPS) is 21.5. The van der Waals surface area contributed by atoms with E-state index in [1.54, 1.807) is 10.7 Å². The van der Waals surface area contributed by atoms with Crippen LogP contribution in [0.3, 0.4) is 0 Å². The average Bonchev–Trinajstić information content (AvgIpc) is 3.80. The number of carbonyl (C=O) groups is 2. The molecule has 11 nitrogen and oxygen atoms in total. The highest BCUT2D eigenvalue weighted by molar-refractivity contribution is 5.87. The van der Waals surface area contributed by atoms with Crippen molar-refractivity contribution in [2.45, 2.75) is 83.2 Å². The first-order valence-corrected chi connectivity index (χ1v) is 17.5. The fraction of sp³-hybridized carbons (Fsp3) is 0.514. The third-order valence-electron chi connectivity index (χ3n) is 11.1. The number of carbonyl (C=O) groups excluding carboxylic acids is 2. The number of ether oxygens (including phenoxy) is 1. The molecule has 3 aliphatic rings. The number of hydrogen-bond donors (Lipinski definition) is 1. The smallest absolute Gasteiger partial charge is 0.226 e. The molecule has 1 aliphatic carbocycles. The van der Waals surface area contributed by atoms with Gasteiger partial charge in [0.05, 0.1) is 34.9 Å². The molecule has 1 saturated carbocycles. The van der Waals surface area contributed by atoms with E-state index in [1.165, 1.54) is 0 Å². The number of aldehydes is 1. The van der Waals surface area contributed by atoms with Gasteiger partial charge in [0.2, 0.25) is 5.91 Å². The largest absolute Gasteiger partial charge is 0.381 e. The van der Waals surface area contributed by atoms with E-state index in [1.807, 2.05) is 24.7 Å². The zero-order valence-electron chi connectivity index (χ0n) is 27.7. The Morgan fingerprint density at radius 1 is 1.02 bits per heavy atom. The summed E-state index contributed by atoms with van der Waals surface area (Å²) in [4.78, 5) is 31.5. The molecule has 4 aromatic rings. The fourth-order valence-corrected chi connectivity index (χ4v) is 7.87. The number of hydrogen-bond acceptors (Lipinski definition) is 8. The molecular formula is C37H44N8O3. The van der Waals surface area contributed by atoms with Gasteiger partial charge in [-0.15, -0.1) is 0 Å². The number of pyridine rings is 2. The molecular weight excluding hydrogens is 604 g/mol. The summed E-state index contributed by atoms with van der Waals surface area (Å²) in [6, 6.07) is 9.05. The van der Waals surface area contributed by atoms with E-state index in [2.05, 4.69) is 51.3 Å². The lowest BCUT2D eigenvalue weighted by Gasteiger charge is -2.41. The monoisotopic (exact) mass is 648 g/mol. The van der Waals surface area contributed by atoms with Gasteiger partial charge in [-0.2, -0.15) is 15.5 Å². The molecule has 0 spiro atoms. The molecule has 0 bridgehead atoms. The van der Waals surface area contributed by atoms with E-state index in [0.717, 1.165) is 111 Å². The first-order chi connectivity index (χ1) is 23.5. The number of fused-ring (bicyclic) bond motifs is 1. The maximum atomic E-state index is 13.4. The third kappa shape index (κ3) is 6.33. The Bertz CT molecular complexity index is 1780. The summed E-state index contributed by atoms with van der Waals surface area (Å²) >= 11 is 0. The number of nitrogens with one attached hydrogen (secondary N) is 1. The summed E-state index contributed by atoms with van der Waals surface area (Å²) in [6.45, 7) is 5.09. The summed E-state index contributed by atoms with van der Waals surface area (Å²) in [6.07, 6.45) is 19.4. The second kappa shape index (κ2) is 13.9. The number of piperidine rings is 1. The molecule has 1 amide bonds. The van der Waals surface area contributed by atoms with Gasteiger partial charge in [-0.1, -0.05) is 6.92 Å². The number of amides is 1. The molecule has 48 heavy (non-hydrogen) atoms. The number of rotatable bonds is 9. The van der Waals surface area contributed by atoms with Gasteiger partial charge in [0.1, 0.15) is 18.2 Å². The van der Waals surface area contributed by atoms with Crippen molar-refractivity contribution in [2.24, 2.45) is 11.3 Å². The van der Waals surface area contributed by atoms with E-state index >= 15 is 0 Å². The predicted molar refractivity (Wildman–Crippen MR) is 182 cm³/mol. The van der Waals surface area contributed by atoms with Crippen LogP contribution in [0.4, 0.5) is 5.82 Å². The number of aromatic nitrogens is 5. The second-order valence-electron chi connectivity index (χ2n) is 13.8. The zero-order valence-corrected chi connectivity index (χ0v) is 27.7. The molecule has 3 fully saturated rings. The highest BCUT2D eigenvalue weighted by Gasteiger charge is 2.41. The average molecular weight is 649 g/mol. The van der Waals surface area contributed by atoms with Gasteiger partial charge in [-0.25, -0.2) is 9.50 Å². The van der Waals surface area contributed by atoms with Crippen molar-refractivity contribution in [3.8, 4) is 28.3 Å². The fourth-order valence-electron chi connectivity index (χ4n) is 7.87. The van der Waals surface area contributed by atoms with Crippen molar-refractivity contribution in [3.05, 3.63) is 54.7 Å². The van der Waals surface area contributed by atoms with Crippen LogP contribution in [0, 0.1) is 22.7 Å². The highest BCUT2D eigenvalue weighted by Crippen LogP contribution is 2.38. The van der Waals surface area contributed by atoms with Gasteiger partial charge in [0.15, 0.2) is 0 Å². The Morgan fingerprint density at radius 2 is 1.81 bits per heavy atom. The number of nitrogens with zero attached hydrogens (tertiary/aromatic N) is 7. The first-order valence-electron chi connectivity index (χ1n) is 17.5. The minimum Gasteiger partial charge on any atom is -0.381 e. The summed E-state index contributed by atoms with van der Waals surface area (Å²) in [5, 5.41) is 22.5. The standard InChI is InChI=1S/C37H44N8O3/c1-2-37(36(47)42-31-10-17-48-18-11-31)12-14-43(15-13-37)34-8-5-27(21-39-34)33-19-28(24-45-35(33)29(20-38)22-41-45)30-23-40-44(25-30)32-6-3-26(4-7-32)9-16-46/h5,8,16,19,21-26,31-32H,2-4,6-7,9-15,17-18H2,1H3,(H,42,47)/t26-,32-. The van der Waals surface area contributed by atoms with Crippen LogP contribution in [0.1, 0.15) is 82.7 Å². The third-order valence-corrected chi connectivity index (χ3v) is 11.1. The summed E-state index contributed by atoms with van der Waals surface area (Å²) in [5.41, 5.74) is 4.64. The van der Waals surface area contributed by atoms with Crippen molar-refractivity contribution >= 4 is 23.5 Å². The Kier molecular flexibility index (Phi) is 9.26. The highest BCUT2D eigenvalue weighted by atomic mass is 16.5. The van der Waals surface area contributed by atoms with Crippen molar-refractivity contribution < 1.29 is 14.3 Å². The van der Waals surface area contributed by atoms with Crippen LogP contribution >= 0.6 is 0 Å². The molecule has 2 saturated heterocycles. The van der Waals surface area contributed by atoms with E-state index in [-0.39, 0.29) is 17.4 Å². The van der Waals surface area contributed by atoms with Gasteiger partial charge in [0, 0.05) is 79.6 Å². The molecule has 2 aliphatic heterocycles. The van der Waals surface area contributed by atoms with E-state index in [0.29, 0.717) is 37.2 Å². The summed E-state index contributed by atoms with van der Waals surface area (Å²) in [5.74, 6) is 1.56. The lowest BCUT2D eigenvalue weighted by molar-refractivity contribution is -0.134. The number of anilines is 1. The van der Waals surface area contributed by atoms with Crippen LogP contribution in [0.5, 0.6) is 0 Å². The van der Waals surface area contributed by atoms with Crippen molar-refractivity contribution in [1.82, 2.24) is 29.7 Å². The van der Waals surface area contributed by atoms with Crippen LogP contribution in [0.2, 0.25) is 0 Å². The Morgan fingerprint density at radius 3 is 2.50 bits per heavy atom. The molecule has 250 valence electrons. The Balaban J connectivity index is 1.09. The molecule has 11 heteroatoms. The van der Waals surface area contributed by atoms with Crippen LogP contribution in [0.25, 0.3) is 27.8 Å². The van der Waals surface area contributed by atoms with Crippen LogP contribution in [0.15, 0.2) is 49.2 Å². The maximum Gasteiger partial charge on any atom is 0.226 e. The zero-order chi connectivity index (χ0) is 33.1. The Labute approximate surface area is 281 Å². The molecule has 6 heterocycles. The predicted octanol–water partition coefficient (Wildman–Crippen LogP) is 5.74. The molecule has 0 aromatic carbocycles. The first kappa shape index (κ1) is 32.0. The van der Waals surface area contributed by atoms with Gasteiger partial charge in [0.25, 0.3) is 0 Å². The van der Waals surface area contributed by atoms with Crippen molar-refractivity contribution in [3.63, 3.8) is 0 Å². The molecule has 7 rings (SSSR count). The number of nitriles is 1. The van der Waals surface area contributed by atoms with Crippen molar-refractivity contribution in [1.29, 1.82) is 5.26 Å². The topological polar surface area (TPSA) is 130 Å². The van der Waals surface area contributed by atoms with Gasteiger partial charge < -0.3 is 19.7 Å². The molecule has 0 atom stereocenters. The van der Waals surface area contributed by atoms with Gasteiger partial charge in [-0.05, 0) is 81.9 Å². The lowest BCUT2D eigenvalue weighted by atomic mass is 9.75. The van der Waals surface area contributed by atoms with Crippen LogP contribution in [-0.4, -0.2) is 68.9 Å². The van der Waals surface area contributed by atoms with Crippen LogP contribution in [-0.2, 0) is 14.3 Å². The van der Waals surface area contributed by atoms with Gasteiger partial charge >= 0.3 is 0 Å². The summed E-state index contributed by atoms with van der Waals surface area (Å²) in [7, 11) is 0. The van der Waals surface area contributed by atoms with Gasteiger partial charge in [-0.3, -0.25) is 9.48 Å². The molecule has 0 radical (unpaired) electrons. The Hall–Kier alpha value is -4.56. The SMILES string of the molecule is CCC1(C(=O)NC2CCOCC2)CCN(c2ccc(-c3cc(-c4cnn([C@H]5CC[C@H](CC=O)CC5)c4)cn4ncc(C#N)c34)cn2)CC1. The molecule has 1 N–H and O–H groups in total. The lowest BCUT2D eigenvalue weighted by Crippen LogP contribution is -2.52. The van der Waals surface area contributed by atoms with E-state index in [9.17, 15) is 14.9 Å². The molecule has 4 aromatic heterocycles. The van der Waals surface area contributed by atoms with Crippen LogP contribution < -0.4 is 10.2 Å². The second-order valence-corrected chi connectivity index (χ2v) is 13.8. The maximum absolute atomic E-state index is 13.4. The van der Waals surface area contributed by atoms with E-state index < -0.39 is 0 Å². The quantitative estimate of drug-likeness (QED) is 0.227.